The number of sulfonamides is 2. The molecule has 2 atom stereocenters. The lowest BCUT2D eigenvalue weighted by molar-refractivity contribution is -0.178. The van der Waals surface area contributed by atoms with Crippen molar-refractivity contribution in [2.24, 2.45) is 0 Å². The number of alkyl halides is 9. The zero-order valence-corrected chi connectivity index (χ0v) is 20.3. The third-order valence-corrected chi connectivity index (χ3v) is 9.77. The Hall–Kier alpha value is -1.00. The Kier molecular flexibility index (Phi) is 8.71. The summed E-state index contributed by atoms with van der Waals surface area (Å²) in [4.78, 5) is 0. The molecule has 0 heterocycles. The highest BCUT2D eigenvalue weighted by molar-refractivity contribution is 14.1. The second-order valence-corrected chi connectivity index (χ2v) is 12.7. The van der Waals surface area contributed by atoms with Crippen LogP contribution in [0.5, 0.6) is 5.75 Å². The molecule has 0 radical (unpaired) electrons. The molecule has 0 aliphatic carbocycles. The Bertz CT molecular complexity index is 1170. The lowest BCUT2D eigenvalue weighted by atomic mass is 10.1. The first-order valence-corrected chi connectivity index (χ1v) is 13.6. The van der Waals surface area contributed by atoms with Crippen molar-refractivity contribution in [2.45, 2.75) is 39.5 Å². The number of rotatable bonds is 10. The summed E-state index contributed by atoms with van der Waals surface area (Å²) in [6.07, 6.45) is 0.591. The van der Waals surface area contributed by atoms with Crippen LogP contribution < -0.4 is 8.31 Å². The molecule has 0 saturated heterocycles. The maximum absolute atomic E-state index is 14.0. The highest BCUT2D eigenvalue weighted by atomic mass is 127. The normalized spacial score (nSPS) is 16.3. The van der Waals surface area contributed by atoms with Gasteiger partial charge in [0.15, 0.2) is 0 Å². The van der Waals surface area contributed by atoms with Crippen LogP contribution in [0.2, 0.25) is 0 Å². The molecule has 0 aliphatic heterocycles. The minimum atomic E-state index is -7.07. The van der Waals surface area contributed by atoms with Gasteiger partial charge in [-0.05, 0) is 24.1 Å². The molecule has 1 rings (SSSR count). The molecule has 0 aromatic heterocycles. The number of hydrogen-bond donors (Lipinski definition) is 1. The van der Waals surface area contributed by atoms with Gasteiger partial charge in [0.25, 0.3) is 15.5 Å². The van der Waals surface area contributed by atoms with Gasteiger partial charge in [-0.25, -0.2) is 21.2 Å². The summed E-state index contributed by atoms with van der Waals surface area (Å²) in [5, 5.41) is -6.69. The predicted molar refractivity (Wildman–Crippen MR) is 105 cm³/mol. The van der Waals surface area contributed by atoms with Crippen molar-refractivity contribution in [3.05, 3.63) is 29.8 Å². The zero-order chi connectivity index (χ0) is 26.3. The summed E-state index contributed by atoms with van der Waals surface area (Å²) in [5.74, 6) is -7.78. The van der Waals surface area contributed by atoms with Crippen molar-refractivity contribution in [3.8, 4) is 5.75 Å². The molecule has 0 aliphatic rings. The van der Waals surface area contributed by atoms with Gasteiger partial charge in [-0.2, -0.15) is 39.2 Å². The van der Waals surface area contributed by atoms with E-state index >= 15 is 0 Å². The molecule has 8 nitrogen and oxygen atoms in total. The van der Waals surface area contributed by atoms with Gasteiger partial charge in [0.1, 0.15) is 5.75 Å². The highest BCUT2D eigenvalue weighted by Gasteiger charge is 2.75. The first-order valence-electron chi connectivity index (χ1n) is 7.95. The molecule has 0 bridgehead atoms. The molecule has 192 valence electrons. The number of benzene rings is 1. The van der Waals surface area contributed by atoms with Crippen molar-refractivity contribution < 1.29 is 64.6 Å². The fourth-order valence-electron chi connectivity index (χ4n) is 1.88. The quantitative estimate of drug-likeness (QED) is 0.175. The smallest absolute Gasteiger partial charge is 0.378 e. The van der Waals surface area contributed by atoms with Crippen molar-refractivity contribution in [3.63, 3.8) is 0 Å². The fourth-order valence-corrected chi connectivity index (χ4v) is 5.76. The lowest BCUT2D eigenvalue weighted by Crippen LogP contribution is -2.58. The first kappa shape index (κ1) is 30.0. The molecule has 1 aromatic carbocycles. The fraction of sp³-hybridized carbons (Fsp3) is 0.538. The van der Waals surface area contributed by atoms with Crippen LogP contribution >= 0.6 is 22.6 Å². The molecule has 33 heavy (non-hydrogen) atoms. The van der Waals surface area contributed by atoms with Crippen LogP contribution in [-0.4, -0.2) is 47.4 Å². The van der Waals surface area contributed by atoms with E-state index in [-0.39, 0.29) is 3.92 Å². The molecule has 0 fully saturated rings. The second kappa shape index (κ2) is 9.57. The van der Waals surface area contributed by atoms with Crippen molar-refractivity contribution >= 4 is 52.8 Å². The maximum Gasteiger partial charge on any atom is 0.512 e. The van der Waals surface area contributed by atoms with Crippen molar-refractivity contribution in [1.29, 1.82) is 0 Å². The third-order valence-electron chi connectivity index (χ3n) is 3.60. The van der Waals surface area contributed by atoms with Gasteiger partial charge in [-0.1, -0.05) is 45.8 Å². The van der Waals surface area contributed by atoms with Crippen LogP contribution in [0, 0.1) is 0 Å². The number of nitrogens with one attached hydrogen (secondary N) is 1. The van der Waals surface area contributed by atoms with Gasteiger partial charge in [0, 0.05) is 3.92 Å². The predicted octanol–water partition coefficient (Wildman–Crippen LogP) is 3.57. The lowest BCUT2D eigenvalue weighted by Gasteiger charge is -2.27. The molecular weight excluding hydrogens is 657 g/mol. The Morgan fingerprint density at radius 1 is 0.939 bits per heavy atom. The summed E-state index contributed by atoms with van der Waals surface area (Å²) >= 11 is 1.97. The zero-order valence-electron chi connectivity index (χ0n) is 15.7. The van der Waals surface area contributed by atoms with E-state index in [4.69, 9.17) is 0 Å². The third kappa shape index (κ3) is 6.17. The Morgan fingerprint density at radius 3 is 1.79 bits per heavy atom. The first-order chi connectivity index (χ1) is 14.5. The van der Waals surface area contributed by atoms with Gasteiger partial charge >= 0.3 is 36.8 Å². The molecule has 1 N–H and O–H groups in total. The van der Waals surface area contributed by atoms with Crippen LogP contribution in [0.4, 0.5) is 35.1 Å². The van der Waals surface area contributed by atoms with Crippen LogP contribution in [0.15, 0.2) is 24.3 Å². The largest absolute Gasteiger partial charge is 0.512 e. The van der Waals surface area contributed by atoms with Crippen LogP contribution in [0.1, 0.15) is 22.8 Å². The van der Waals surface area contributed by atoms with Gasteiger partial charge in [0.05, 0.1) is 0 Å². The minimum absolute atomic E-state index is 0.114. The van der Waals surface area contributed by atoms with E-state index in [0.717, 1.165) is 12.1 Å². The number of halogens is 9. The summed E-state index contributed by atoms with van der Waals surface area (Å²) in [7, 11) is -21.0. The number of hydrogen-bond acceptors (Lipinski definition) is 7. The molecule has 0 saturated carbocycles. The van der Waals surface area contributed by atoms with Gasteiger partial charge < -0.3 is 4.18 Å². The SMILES string of the molecule is CCC(I)c1ccc(OS(=O)(=O)C(F)(F)C(F)(F)C(F)S(=O)(=O)NS(=O)(=O)C(F)(F)F)cc1. The maximum atomic E-state index is 14.0. The van der Waals surface area contributed by atoms with E-state index in [1.54, 1.807) is 6.92 Å². The molecule has 0 spiro atoms. The van der Waals surface area contributed by atoms with Crippen LogP contribution in [0.3, 0.4) is 0 Å². The Labute approximate surface area is 196 Å². The highest BCUT2D eigenvalue weighted by Crippen LogP contribution is 2.45. The molecule has 2 unspecified atom stereocenters. The molecule has 20 heteroatoms. The van der Waals surface area contributed by atoms with Crippen molar-refractivity contribution in [2.75, 3.05) is 0 Å². The van der Waals surface area contributed by atoms with E-state index in [0.29, 0.717) is 12.0 Å². The van der Waals surface area contributed by atoms with E-state index in [1.807, 2.05) is 22.6 Å². The second-order valence-electron chi connectivity index (χ2n) is 6.02. The van der Waals surface area contributed by atoms with Gasteiger partial charge in [-0.3, -0.25) is 0 Å². The van der Waals surface area contributed by atoms with Crippen molar-refractivity contribution in [1.82, 2.24) is 4.13 Å². The summed E-state index contributed by atoms with van der Waals surface area (Å²) in [6.45, 7) is 1.77. The monoisotopic (exact) mass is 669 g/mol. The average Bonchev–Trinajstić information content (AvgIpc) is 2.65. The average molecular weight is 669 g/mol. The Balaban J connectivity index is 3.29. The molecular formula is C13H12F8INO7S3. The van der Waals surface area contributed by atoms with Crippen LogP contribution in [-0.2, 0) is 30.2 Å². The summed E-state index contributed by atoms with van der Waals surface area (Å²) < 4.78 is 177. The minimum Gasteiger partial charge on any atom is -0.378 e. The molecule has 1 aromatic rings. The summed E-state index contributed by atoms with van der Waals surface area (Å²) in [6, 6.07) is 3.89. The van der Waals surface area contributed by atoms with Crippen LogP contribution in [0.25, 0.3) is 0 Å². The topological polar surface area (TPSA) is 124 Å². The Morgan fingerprint density at radius 2 is 1.39 bits per heavy atom. The van der Waals surface area contributed by atoms with E-state index in [2.05, 4.69) is 4.18 Å². The standard InChI is InChI=1S/C13H12F8INO7S3/c1-2-9(22)7-3-5-8(6-4-7)30-33(28,29)12(17,18)11(15,16)10(14)31(24,25)23-32(26,27)13(19,20)21/h3-6,9-10,23H,2H2,1H3. The van der Waals surface area contributed by atoms with Gasteiger partial charge in [-0.15, -0.1) is 0 Å². The molecule has 0 amide bonds. The van der Waals surface area contributed by atoms with E-state index in [1.165, 1.54) is 12.1 Å². The van der Waals surface area contributed by atoms with Gasteiger partial charge in [0.2, 0.25) is 0 Å². The van der Waals surface area contributed by atoms with E-state index < -0.39 is 62.2 Å². The van der Waals surface area contributed by atoms with E-state index in [9.17, 15) is 60.4 Å². The summed E-state index contributed by atoms with van der Waals surface area (Å²) in [5.41, 5.74) is -11.4.